The number of hydrogen-bond donors (Lipinski definition) is 2. The van der Waals surface area contributed by atoms with Crippen molar-refractivity contribution >= 4 is 35.6 Å². The van der Waals surface area contributed by atoms with Crippen LogP contribution < -0.4 is 20.3 Å². The summed E-state index contributed by atoms with van der Waals surface area (Å²) in [6.07, 6.45) is 2.87. The number of nitrogens with one attached hydrogen (secondary N) is 2. The number of aliphatic imine (C=N–C) groups is 1. The number of ether oxygens (including phenoxy) is 1. The molecule has 7 heteroatoms. The first kappa shape index (κ1) is 20.3. The van der Waals surface area contributed by atoms with Gasteiger partial charge in [0.1, 0.15) is 5.75 Å². The van der Waals surface area contributed by atoms with E-state index in [4.69, 9.17) is 4.74 Å². The lowest BCUT2D eigenvalue weighted by atomic mass is 10.2. The molecule has 1 aliphatic heterocycles. The fourth-order valence-electron chi connectivity index (χ4n) is 2.98. The van der Waals surface area contributed by atoms with Gasteiger partial charge in [-0.1, -0.05) is 12.1 Å². The minimum absolute atomic E-state index is 0. The molecule has 0 amide bonds. The van der Waals surface area contributed by atoms with E-state index in [-0.39, 0.29) is 24.0 Å². The van der Waals surface area contributed by atoms with E-state index in [1.54, 1.807) is 20.4 Å². The molecular formula is C19H26IN5O. The van der Waals surface area contributed by atoms with Crippen molar-refractivity contribution in [3.8, 4) is 5.75 Å². The quantitative estimate of drug-likeness (QED) is 0.403. The minimum Gasteiger partial charge on any atom is -0.497 e. The Balaban J connectivity index is 0.00000243. The highest BCUT2D eigenvalue weighted by molar-refractivity contribution is 14.0. The largest absolute Gasteiger partial charge is 0.497 e. The third-order valence-corrected chi connectivity index (χ3v) is 4.33. The summed E-state index contributed by atoms with van der Waals surface area (Å²) in [5, 5.41) is 6.83. The van der Waals surface area contributed by atoms with Crippen molar-refractivity contribution in [2.45, 2.75) is 19.0 Å². The van der Waals surface area contributed by atoms with E-state index in [0.717, 1.165) is 36.9 Å². The highest BCUT2D eigenvalue weighted by Crippen LogP contribution is 2.24. The molecule has 2 N–H and O–H groups in total. The van der Waals surface area contributed by atoms with Gasteiger partial charge in [0.25, 0.3) is 0 Å². The van der Waals surface area contributed by atoms with Gasteiger partial charge < -0.3 is 20.3 Å². The summed E-state index contributed by atoms with van der Waals surface area (Å²) in [6.45, 7) is 2.62. The Hall–Kier alpha value is -2.03. The summed E-state index contributed by atoms with van der Waals surface area (Å²) < 4.78 is 5.32. The summed E-state index contributed by atoms with van der Waals surface area (Å²) in [7, 11) is 3.49. The lowest BCUT2D eigenvalue weighted by Gasteiger charge is -2.20. The van der Waals surface area contributed by atoms with Crippen LogP contribution in [0.1, 0.15) is 12.1 Å². The van der Waals surface area contributed by atoms with Crippen LogP contribution in [0.15, 0.2) is 53.7 Å². The monoisotopic (exact) mass is 467 g/mol. The highest BCUT2D eigenvalue weighted by atomic mass is 127. The summed E-state index contributed by atoms with van der Waals surface area (Å²) in [4.78, 5) is 11.0. The van der Waals surface area contributed by atoms with Crippen LogP contribution in [-0.4, -0.2) is 44.2 Å². The Bertz CT molecular complexity index is 710. The average Bonchev–Trinajstić information content (AvgIpc) is 3.14. The fourth-order valence-corrected chi connectivity index (χ4v) is 2.98. The van der Waals surface area contributed by atoms with Crippen LogP contribution in [0.5, 0.6) is 5.75 Å². The van der Waals surface area contributed by atoms with Crippen LogP contribution in [0.4, 0.5) is 5.69 Å². The molecular weight excluding hydrogens is 441 g/mol. The number of guanidine groups is 1. The van der Waals surface area contributed by atoms with Gasteiger partial charge in [0, 0.05) is 44.1 Å². The molecule has 1 aromatic heterocycles. The summed E-state index contributed by atoms with van der Waals surface area (Å²) in [5.41, 5.74) is 2.19. The minimum atomic E-state index is 0. The normalized spacial score (nSPS) is 16.8. The molecule has 1 fully saturated rings. The predicted molar refractivity (Wildman–Crippen MR) is 117 cm³/mol. The van der Waals surface area contributed by atoms with Crippen molar-refractivity contribution in [3.05, 3.63) is 54.4 Å². The molecule has 0 aliphatic carbocycles. The van der Waals surface area contributed by atoms with Crippen molar-refractivity contribution in [1.29, 1.82) is 0 Å². The van der Waals surface area contributed by atoms with Crippen LogP contribution in [-0.2, 0) is 6.54 Å². The van der Waals surface area contributed by atoms with Gasteiger partial charge in [0.05, 0.1) is 19.3 Å². The topological polar surface area (TPSA) is 61.8 Å². The lowest BCUT2D eigenvalue weighted by molar-refractivity contribution is 0.415. The number of hydrogen-bond acceptors (Lipinski definition) is 4. The van der Waals surface area contributed by atoms with Crippen LogP contribution in [0.25, 0.3) is 0 Å². The van der Waals surface area contributed by atoms with Gasteiger partial charge in [0.2, 0.25) is 0 Å². The smallest absolute Gasteiger partial charge is 0.191 e. The number of aromatic nitrogens is 1. The third-order valence-electron chi connectivity index (χ3n) is 4.33. The van der Waals surface area contributed by atoms with Gasteiger partial charge in [-0.15, -0.1) is 24.0 Å². The van der Waals surface area contributed by atoms with Crippen LogP contribution in [0, 0.1) is 0 Å². The molecule has 0 bridgehead atoms. The second-order valence-corrected chi connectivity index (χ2v) is 6.02. The van der Waals surface area contributed by atoms with E-state index in [9.17, 15) is 0 Å². The number of halogens is 1. The van der Waals surface area contributed by atoms with E-state index in [1.165, 1.54) is 5.69 Å². The maximum absolute atomic E-state index is 5.32. The first-order valence-corrected chi connectivity index (χ1v) is 8.54. The highest BCUT2D eigenvalue weighted by Gasteiger charge is 2.23. The number of pyridine rings is 1. The molecule has 26 heavy (non-hydrogen) atoms. The Morgan fingerprint density at radius 2 is 2.19 bits per heavy atom. The molecule has 1 saturated heterocycles. The van der Waals surface area contributed by atoms with Crippen molar-refractivity contribution in [2.24, 2.45) is 4.99 Å². The molecule has 140 valence electrons. The number of nitrogens with zero attached hydrogens (tertiary/aromatic N) is 3. The number of methoxy groups -OCH3 is 1. The second kappa shape index (κ2) is 10.2. The van der Waals surface area contributed by atoms with E-state index in [1.807, 2.05) is 30.3 Å². The van der Waals surface area contributed by atoms with E-state index in [0.29, 0.717) is 12.6 Å². The van der Waals surface area contributed by atoms with E-state index < -0.39 is 0 Å². The third kappa shape index (κ3) is 5.48. The molecule has 0 radical (unpaired) electrons. The molecule has 2 aromatic rings. The Labute approximate surface area is 172 Å². The number of rotatable bonds is 5. The van der Waals surface area contributed by atoms with Gasteiger partial charge in [-0.3, -0.25) is 9.98 Å². The molecule has 0 saturated carbocycles. The van der Waals surface area contributed by atoms with Crippen LogP contribution in [0.3, 0.4) is 0 Å². The maximum atomic E-state index is 5.32. The van der Waals surface area contributed by atoms with Crippen molar-refractivity contribution in [1.82, 2.24) is 15.6 Å². The van der Waals surface area contributed by atoms with Crippen molar-refractivity contribution in [3.63, 3.8) is 0 Å². The zero-order chi connectivity index (χ0) is 17.5. The van der Waals surface area contributed by atoms with E-state index in [2.05, 4.69) is 37.6 Å². The van der Waals surface area contributed by atoms with Gasteiger partial charge in [-0.25, -0.2) is 0 Å². The van der Waals surface area contributed by atoms with Gasteiger partial charge in [-0.05, 0) is 30.7 Å². The number of anilines is 1. The zero-order valence-electron chi connectivity index (χ0n) is 15.2. The molecule has 2 heterocycles. The summed E-state index contributed by atoms with van der Waals surface area (Å²) in [5.74, 6) is 1.70. The Kier molecular flexibility index (Phi) is 7.96. The predicted octanol–water partition coefficient (Wildman–Crippen LogP) is 2.65. The van der Waals surface area contributed by atoms with Gasteiger partial charge >= 0.3 is 0 Å². The summed E-state index contributed by atoms with van der Waals surface area (Å²) in [6, 6.07) is 14.5. The molecule has 1 atom stereocenters. The zero-order valence-corrected chi connectivity index (χ0v) is 17.5. The van der Waals surface area contributed by atoms with Crippen LogP contribution in [0.2, 0.25) is 0 Å². The number of benzene rings is 1. The molecule has 1 unspecified atom stereocenters. The van der Waals surface area contributed by atoms with Crippen molar-refractivity contribution < 1.29 is 4.74 Å². The lowest BCUT2D eigenvalue weighted by Crippen LogP contribution is -2.44. The molecule has 3 rings (SSSR count). The van der Waals surface area contributed by atoms with Crippen molar-refractivity contribution in [2.75, 3.05) is 32.1 Å². The summed E-state index contributed by atoms with van der Waals surface area (Å²) >= 11 is 0. The van der Waals surface area contributed by atoms with Gasteiger partial charge in [0.15, 0.2) is 5.96 Å². The standard InChI is InChI=1S/C19H25N5O.HI/c1-20-19(22-13-15-6-3-4-10-21-15)23-16-9-11-24(14-16)17-7-5-8-18(12-17)25-2;/h3-8,10,12,16H,9,11,13-14H2,1-2H3,(H2,20,22,23);1H. The first-order valence-electron chi connectivity index (χ1n) is 8.54. The van der Waals surface area contributed by atoms with Gasteiger partial charge in [-0.2, -0.15) is 0 Å². The SMILES string of the molecule is CN=C(NCc1ccccn1)NC1CCN(c2cccc(OC)c2)C1.I. The first-order chi connectivity index (χ1) is 12.3. The molecule has 0 spiro atoms. The average molecular weight is 467 g/mol. The van der Waals surface area contributed by atoms with E-state index >= 15 is 0 Å². The Morgan fingerprint density at radius 1 is 1.31 bits per heavy atom. The molecule has 1 aromatic carbocycles. The maximum Gasteiger partial charge on any atom is 0.191 e. The molecule has 1 aliphatic rings. The second-order valence-electron chi connectivity index (χ2n) is 6.02. The molecule has 6 nitrogen and oxygen atoms in total. The fraction of sp³-hybridized carbons (Fsp3) is 0.368. The van der Waals surface area contributed by atoms with Crippen LogP contribution >= 0.6 is 24.0 Å². The Morgan fingerprint density at radius 3 is 2.92 bits per heavy atom.